The van der Waals surface area contributed by atoms with Gasteiger partial charge in [0.15, 0.2) is 0 Å². The van der Waals surface area contributed by atoms with Crippen LogP contribution >= 0.6 is 11.9 Å². The van der Waals surface area contributed by atoms with Gasteiger partial charge in [0.1, 0.15) is 17.9 Å². The summed E-state index contributed by atoms with van der Waals surface area (Å²) in [6, 6.07) is 10.5. The maximum atomic E-state index is 12.3. The fourth-order valence-corrected chi connectivity index (χ4v) is 6.20. The van der Waals surface area contributed by atoms with Crippen molar-refractivity contribution in [3.63, 3.8) is 0 Å². The van der Waals surface area contributed by atoms with Gasteiger partial charge in [-0.25, -0.2) is 9.29 Å². The molecule has 0 aliphatic heterocycles. The zero-order valence-electron chi connectivity index (χ0n) is 26.5. The number of aromatic nitrogens is 3. The Labute approximate surface area is 259 Å². The van der Waals surface area contributed by atoms with Crippen molar-refractivity contribution >= 4 is 29.0 Å². The maximum Gasteiger partial charge on any atom is 0.321 e. The Morgan fingerprint density at radius 1 is 0.833 bits per heavy atom. The van der Waals surface area contributed by atoms with E-state index in [0.717, 1.165) is 41.1 Å². The van der Waals surface area contributed by atoms with Crippen molar-refractivity contribution in [2.45, 2.75) is 128 Å². The number of hydrogen-bond acceptors (Lipinski definition) is 6. The van der Waals surface area contributed by atoms with Crippen LogP contribution in [0.15, 0.2) is 47.6 Å². The molecule has 3 aromatic rings. The highest BCUT2D eigenvalue weighted by atomic mass is 32.2. The van der Waals surface area contributed by atoms with Crippen molar-refractivity contribution in [3.05, 3.63) is 54.1 Å². The average molecular weight is 595 g/mol. The van der Waals surface area contributed by atoms with E-state index < -0.39 is 0 Å². The number of imidazole rings is 1. The van der Waals surface area contributed by atoms with Gasteiger partial charge in [-0.1, -0.05) is 115 Å². The van der Waals surface area contributed by atoms with Crippen LogP contribution in [0.2, 0.25) is 0 Å². The highest BCUT2D eigenvalue weighted by molar-refractivity contribution is 7.97. The Morgan fingerprint density at radius 2 is 1.40 bits per heavy atom. The molecule has 2 aromatic heterocycles. The molecule has 0 saturated carbocycles. The fourth-order valence-electron chi connectivity index (χ4n) is 5.42. The van der Waals surface area contributed by atoms with Crippen LogP contribution in [0.1, 0.15) is 121 Å². The van der Waals surface area contributed by atoms with Gasteiger partial charge in [0.2, 0.25) is 0 Å². The van der Waals surface area contributed by atoms with Crippen molar-refractivity contribution in [3.8, 4) is 0 Å². The standard InChI is InChI=1S/C35H54N4O2S/c1-4-5-6-7-8-9-10-11-12-13-14-15-16-17-18-19-26-41-35(40)29-38(3)42-32-22-20-31(21-23-32)28-39-30(2)37-33-27-36-25-24-34(33)39/h20-25,27H,4-19,26,28-29H2,1-3H3. The second kappa shape index (κ2) is 20.5. The summed E-state index contributed by atoms with van der Waals surface area (Å²) in [6.45, 7) is 5.88. The number of aryl methyl sites for hydroxylation is 1. The highest BCUT2D eigenvalue weighted by Crippen LogP contribution is 2.23. The number of rotatable bonds is 23. The molecule has 0 atom stereocenters. The quantitative estimate of drug-likeness (QED) is 0.0619. The lowest BCUT2D eigenvalue weighted by atomic mass is 10.0. The lowest BCUT2D eigenvalue weighted by molar-refractivity contribution is -0.143. The number of carbonyl (C=O) groups excluding carboxylic acids is 1. The van der Waals surface area contributed by atoms with E-state index in [1.54, 1.807) is 18.1 Å². The third kappa shape index (κ3) is 13.3. The predicted molar refractivity (Wildman–Crippen MR) is 177 cm³/mol. The van der Waals surface area contributed by atoms with Crippen LogP contribution in [0.5, 0.6) is 0 Å². The van der Waals surface area contributed by atoms with E-state index in [2.05, 4.69) is 45.7 Å². The Hall–Kier alpha value is -2.38. The van der Waals surface area contributed by atoms with Crippen molar-refractivity contribution in [1.82, 2.24) is 18.8 Å². The van der Waals surface area contributed by atoms with E-state index in [1.165, 1.54) is 95.5 Å². The minimum atomic E-state index is -0.153. The first kappa shape index (κ1) is 34.1. The summed E-state index contributed by atoms with van der Waals surface area (Å²) in [7, 11) is 1.93. The summed E-state index contributed by atoms with van der Waals surface area (Å²) in [5, 5.41) is 0. The first-order chi connectivity index (χ1) is 20.6. The van der Waals surface area contributed by atoms with Gasteiger partial charge in [0.05, 0.1) is 18.3 Å². The predicted octanol–water partition coefficient (Wildman–Crippen LogP) is 9.53. The van der Waals surface area contributed by atoms with Gasteiger partial charge in [-0.2, -0.15) is 0 Å². The van der Waals surface area contributed by atoms with Crippen LogP contribution in [0.4, 0.5) is 0 Å². The largest absolute Gasteiger partial charge is 0.465 e. The smallest absolute Gasteiger partial charge is 0.321 e. The summed E-state index contributed by atoms with van der Waals surface area (Å²) in [6.07, 6.45) is 25.1. The molecule has 0 bridgehead atoms. The molecule has 3 rings (SSSR count). The van der Waals surface area contributed by atoms with E-state index in [-0.39, 0.29) is 12.5 Å². The van der Waals surface area contributed by atoms with Crippen molar-refractivity contribution in [2.24, 2.45) is 0 Å². The summed E-state index contributed by atoms with van der Waals surface area (Å²) < 4.78 is 9.63. The molecule has 1 aromatic carbocycles. The number of nitrogens with zero attached hydrogens (tertiary/aromatic N) is 4. The summed E-state index contributed by atoms with van der Waals surface area (Å²) >= 11 is 1.56. The molecule has 0 radical (unpaired) electrons. The molecule has 6 nitrogen and oxygen atoms in total. The monoisotopic (exact) mass is 594 g/mol. The zero-order chi connectivity index (χ0) is 29.8. The van der Waals surface area contributed by atoms with Gasteiger partial charge >= 0.3 is 5.97 Å². The van der Waals surface area contributed by atoms with Gasteiger partial charge in [0, 0.05) is 17.6 Å². The molecule has 0 N–H and O–H groups in total. The normalized spacial score (nSPS) is 11.5. The van der Waals surface area contributed by atoms with Crippen LogP contribution in [0.3, 0.4) is 0 Å². The molecule has 0 fully saturated rings. The summed E-state index contributed by atoms with van der Waals surface area (Å²) in [4.78, 5) is 22.2. The number of pyridine rings is 1. The fraction of sp³-hybridized carbons (Fsp3) is 0.629. The van der Waals surface area contributed by atoms with Crippen LogP contribution < -0.4 is 0 Å². The lowest BCUT2D eigenvalue weighted by Crippen LogP contribution is -2.22. The SMILES string of the molecule is CCCCCCCCCCCCCCCCCCOC(=O)CN(C)Sc1ccc(Cn2c(C)nc3cnccc32)cc1. The van der Waals surface area contributed by atoms with E-state index in [0.29, 0.717) is 6.61 Å². The number of fused-ring (bicyclic) bond motifs is 1. The number of hydrogen-bond donors (Lipinski definition) is 0. The number of carbonyl (C=O) groups is 1. The Bertz CT molecular complexity index is 1150. The van der Waals surface area contributed by atoms with Gasteiger partial charge < -0.3 is 9.30 Å². The number of unbranched alkanes of at least 4 members (excludes halogenated alkanes) is 15. The van der Waals surface area contributed by atoms with Crippen molar-refractivity contribution in [1.29, 1.82) is 0 Å². The van der Waals surface area contributed by atoms with Crippen LogP contribution in [-0.2, 0) is 16.1 Å². The average Bonchev–Trinajstić information content (AvgIpc) is 3.30. The second-order valence-electron chi connectivity index (χ2n) is 11.7. The van der Waals surface area contributed by atoms with E-state index in [4.69, 9.17) is 4.74 Å². The number of ether oxygens (including phenoxy) is 1. The molecule has 0 unspecified atom stereocenters. The maximum absolute atomic E-state index is 12.3. The molecule has 0 amide bonds. The summed E-state index contributed by atoms with van der Waals surface area (Å²) in [5.74, 6) is 0.828. The molecule has 7 heteroatoms. The first-order valence-electron chi connectivity index (χ1n) is 16.5. The zero-order valence-corrected chi connectivity index (χ0v) is 27.3. The van der Waals surface area contributed by atoms with Crippen molar-refractivity contribution < 1.29 is 9.53 Å². The minimum Gasteiger partial charge on any atom is -0.465 e. The van der Waals surface area contributed by atoms with Gasteiger partial charge in [-0.3, -0.25) is 9.78 Å². The van der Waals surface area contributed by atoms with E-state index >= 15 is 0 Å². The highest BCUT2D eigenvalue weighted by Gasteiger charge is 2.11. The molecule has 0 aliphatic carbocycles. The second-order valence-corrected chi connectivity index (χ2v) is 12.9. The Morgan fingerprint density at radius 3 is 2.00 bits per heavy atom. The van der Waals surface area contributed by atoms with E-state index in [9.17, 15) is 4.79 Å². The molecule has 0 spiro atoms. The summed E-state index contributed by atoms with van der Waals surface area (Å²) in [5.41, 5.74) is 3.23. The van der Waals surface area contributed by atoms with E-state index in [1.807, 2.05) is 30.5 Å². The van der Waals surface area contributed by atoms with Gasteiger partial charge in [-0.05, 0) is 56.1 Å². The van der Waals surface area contributed by atoms with Gasteiger partial charge in [-0.15, -0.1) is 0 Å². The van der Waals surface area contributed by atoms with Crippen LogP contribution in [-0.4, -0.2) is 45.0 Å². The van der Waals surface area contributed by atoms with Crippen molar-refractivity contribution in [2.75, 3.05) is 20.2 Å². The molecule has 0 saturated heterocycles. The molecule has 2 heterocycles. The lowest BCUT2D eigenvalue weighted by Gasteiger charge is -2.15. The van der Waals surface area contributed by atoms with Crippen LogP contribution in [0, 0.1) is 6.92 Å². The number of esters is 1. The third-order valence-electron chi connectivity index (χ3n) is 7.88. The van der Waals surface area contributed by atoms with Crippen LogP contribution in [0.25, 0.3) is 11.0 Å². The number of likely N-dealkylation sites (N-methyl/N-ethyl adjacent to an activating group) is 1. The molecule has 42 heavy (non-hydrogen) atoms. The topological polar surface area (TPSA) is 60.2 Å². The molecular weight excluding hydrogens is 540 g/mol. The Kier molecular flexibility index (Phi) is 16.7. The minimum absolute atomic E-state index is 0.153. The Balaban J connectivity index is 1.16. The first-order valence-corrected chi connectivity index (χ1v) is 17.2. The third-order valence-corrected chi connectivity index (χ3v) is 8.80. The molecule has 0 aliphatic rings. The van der Waals surface area contributed by atoms with Gasteiger partial charge in [0.25, 0.3) is 0 Å². The molecular formula is C35H54N4O2S. The number of benzene rings is 1. The molecule has 232 valence electrons.